The molecular formula is C15H22N2O3. The highest BCUT2D eigenvalue weighted by atomic mass is 16.5. The first-order valence-electron chi connectivity index (χ1n) is 6.80. The first kappa shape index (κ1) is 14.7. The minimum absolute atomic E-state index is 0.0919. The Bertz CT molecular complexity index is 471. The van der Waals surface area contributed by atoms with Crippen LogP contribution in [0, 0.1) is 5.92 Å². The SMILES string of the molecule is COc1ccc(CNC(=O)N2C[C@@H](C)[C@@](C)(O)C2)cc1. The number of hydrogen-bond acceptors (Lipinski definition) is 3. The highest BCUT2D eigenvalue weighted by Gasteiger charge is 2.40. The van der Waals surface area contributed by atoms with E-state index in [0.29, 0.717) is 19.6 Å². The summed E-state index contributed by atoms with van der Waals surface area (Å²) in [7, 11) is 1.62. The Morgan fingerprint density at radius 3 is 2.65 bits per heavy atom. The lowest BCUT2D eigenvalue weighted by molar-refractivity contribution is 0.0386. The average Bonchev–Trinajstić information content (AvgIpc) is 2.71. The second kappa shape index (κ2) is 5.71. The Morgan fingerprint density at radius 1 is 1.50 bits per heavy atom. The molecule has 1 aliphatic heterocycles. The molecule has 5 heteroatoms. The zero-order chi connectivity index (χ0) is 14.8. The molecule has 2 rings (SSSR count). The molecule has 1 heterocycles. The predicted octanol–water partition coefficient (Wildman–Crippen LogP) is 1.61. The fourth-order valence-electron chi connectivity index (χ4n) is 2.32. The van der Waals surface area contributed by atoms with Gasteiger partial charge in [-0.2, -0.15) is 0 Å². The second-order valence-corrected chi connectivity index (χ2v) is 5.65. The lowest BCUT2D eigenvalue weighted by atomic mass is 9.95. The number of β-amino-alcohol motifs (C(OH)–C–C–N with tert-alkyl or cyclic N) is 1. The third-order valence-electron chi connectivity index (χ3n) is 3.96. The number of hydrogen-bond donors (Lipinski definition) is 2. The molecule has 5 nitrogen and oxygen atoms in total. The summed E-state index contributed by atoms with van der Waals surface area (Å²) in [5.41, 5.74) is 0.218. The van der Waals surface area contributed by atoms with Gasteiger partial charge in [0.05, 0.1) is 19.3 Å². The highest BCUT2D eigenvalue weighted by molar-refractivity contribution is 5.74. The summed E-state index contributed by atoms with van der Waals surface area (Å²) in [5.74, 6) is 0.888. The number of carbonyl (C=O) groups is 1. The van der Waals surface area contributed by atoms with Crippen LogP contribution in [0.5, 0.6) is 5.75 Å². The third kappa shape index (κ3) is 3.22. The zero-order valence-corrected chi connectivity index (χ0v) is 12.2. The number of likely N-dealkylation sites (tertiary alicyclic amines) is 1. The molecule has 0 aliphatic carbocycles. The fraction of sp³-hybridized carbons (Fsp3) is 0.533. The molecule has 110 valence electrons. The van der Waals surface area contributed by atoms with Gasteiger partial charge in [0.2, 0.25) is 0 Å². The van der Waals surface area contributed by atoms with E-state index in [1.54, 1.807) is 18.9 Å². The second-order valence-electron chi connectivity index (χ2n) is 5.65. The highest BCUT2D eigenvalue weighted by Crippen LogP contribution is 2.26. The Morgan fingerprint density at radius 2 is 2.15 bits per heavy atom. The number of nitrogens with zero attached hydrogens (tertiary/aromatic N) is 1. The largest absolute Gasteiger partial charge is 0.497 e. The van der Waals surface area contributed by atoms with E-state index < -0.39 is 5.60 Å². The van der Waals surface area contributed by atoms with Crippen molar-refractivity contribution in [2.24, 2.45) is 5.92 Å². The van der Waals surface area contributed by atoms with Gasteiger partial charge < -0.3 is 20.1 Å². The standard InChI is InChI=1S/C15H22N2O3/c1-11-9-17(10-15(11,2)19)14(18)16-8-12-4-6-13(20-3)7-5-12/h4-7,11,19H,8-10H2,1-3H3,(H,16,18)/t11-,15+/m1/s1. The molecule has 0 unspecified atom stereocenters. The summed E-state index contributed by atoms with van der Waals surface area (Å²) >= 11 is 0. The Kier molecular flexibility index (Phi) is 4.18. The number of benzene rings is 1. The normalized spacial score (nSPS) is 25.6. The molecule has 0 radical (unpaired) electrons. The molecule has 0 spiro atoms. The number of aliphatic hydroxyl groups is 1. The molecule has 2 atom stereocenters. The van der Waals surface area contributed by atoms with Crippen molar-refractivity contribution in [1.82, 2.24) is 10.2 Å². The number of nitrogens with one attached hydrogen (secondary N) is 1. The van der Waals surface area contributed by atoms with E-state index in [1.807, 2.05) is 31.2 Å². The van der Waals surface area contributed by atoms with Gasteiger partial charge in [0, 0.05) is 19.0 Å². The molecule has 0 bridgehead atoms. The van der Waals surface area contributed by atoms with E-state index in [9.17, 15) is 9.90 Å². The van der Waals surface area contributed by atoms with Crippen LogP contribution < -0.4 is 10.1 Å². The molecule has 2 N–H and O–H groups in total. The van der Waals surface area contributed by atoms with E-state index in [2.05, 4.69) is 5.32 Å². The van der Waals surface area contributed by atoms with Gasteiger partial charge >= 0.3 is 6.03 Å². The molecule has 0 aromatic heterocycles. The lowest BCUT2D eigenvalue weighted by Gasteiger charge is -2.20. The maximum absolute atomic E-state index is 12.1. The zero-order valence-electron chi connectivity index (χ0n) is 12.2. The summed E-state index contributed by atoms with van der Waals surface area (Å²) in [6, 6.07) is 7.43. The number of urea groups is 1. The molecule has 1 aromatic rings. The first-order valence-corrected chi connectivity index (χ1v) is 6.80. The van der Waals surface area contributed by atoms with Crippen molar-refractivity contribution >= 4 is 6.03 Å². The van der Waals surface area contributed by atoms with Crippen LogP contribution >= 0.6 is 0 Å². The van der Waals surface area contributed by atoms with Crippen LogP contribution in [0.25, 0.3) is 0 Å². The van der Waals surface area contributed by atoms with Gasteiger partial charge in [0.1, 0.15) is 5.75 Å². The molecule has 2 amide bonds. The first-order chi connectivity index (χ1) is 9.42. The van der Waals surface area contributed by atoms with Crippen molar-refractivity contribution in [3.63, 3.8) is 0 Å². The van der Waals surface area contributed by atoms with Gasteiger partial charge in [-0.1, -0.05) is 19.1 Å². The Hall–Kier alpha value is -1.75. The number of rotatable bonds is 3. The van der Waals surface area contributed by atoms with Crippen molar-refractivity contribution in [3.05, 3.63) is 29.8 Å². The molecular weight excluding hydrogens is 256 g/mol. The topological polar surface area (TPSA) is 61.8 Å². The Labute approximate surface area is 119 Å². The molecule has 1 aliphatic rings. The van der Waals surface area contributed by atoms with E-state index in [0.717, 1.165) is 11.3 Å². The maximum atomic E-state index is 12.1. The number of ether oxygens (including phenoxy) is 1. The molecule has 0 saturated carbocycles. The van der Waals surface area contributed by atoms with Crippen molar-refractivity contribution < 1.29 is 14.6 Å². The van der Waals surface area contributed by atoms with E-state index in [4.69, 9.17) is 4.74 Å². The fourth-order valence-corrected chi connectivity index (χ4v) is 2.32. The van der Waals surface area contributed by atoms with E-state index in [-0.39, 0.29) is 11.9 Å². The molecule has 20 heavy (non-hydrogen) atoms. The van der Waals surface area contributed by atoms with Gasteiger partial charge in [-0.3, -0.25) is 0 Å². The van der Waals surface area contributed by atoms with Gasteiger partial charge in [0.25, 0.3) is 0 Å². The monoisotopic (exact) mass is 278 g/mol. The van der Waals surface area contributed by atoms with E-state index in [1.165, 1.54) is 0 Å². The van der Waals surface area contributed by atoms with Crippen molar-refractivity contribution in [1.29, 1.82) is 0 Å². The summed E-state index contributed by atoms with van der Waals surface area (Å²) in [6.45, 7) is 5.16. The summed E-state index contributed by atoms with van der Waals surface area (Å²) in [5, 5.41) is 13.0. The smallest absolute Gasteiger partial charge is 0.317 e. The van der Waals surface area contributed by atoms with Crippen LogP contribution in [0.4, 0.5) is 4.79 Å². The van der Waals surface area contributed by atoms with Crippen LogP contribution in [-0.4, -0.2) is 41.8 Å². The van der Waals surface area contributed by atoms with Crippen LogP contribution in [0.2, 0.25) is 0 Å². The van der Waals surface area contributed by atoms with Crippen LogP contribution in [0.1, 0.15) is 19.4 Å². The summed E-state index contributed by atoms with van der Waals surface area (Å²) < 4.78 is 5.09. The number of methoxy groups -OCH3 is 1. The van der Waals surface area contributed by atoms with Gasteiger partial charge in [0.15, 0.2) is 0 Å². The van der Waals surface area contributed by atoms with Crippen LogP contribution in [-0.2, 0) is 6.54 Å². The van der Waals surface area contributed by atoms with Crippen LogP contribution in [0.15, 0.2) is 24.3 Å². The Balaban J connectivity index is 1.86. The van der Waals surface area contributed by atoms with E-state index >= 15 is 0 Å². The third-order valence-corrected chi connectivity index (χ3v) is 3.96. The van der Waals surface area contributed by atoms with Gasteiger partial charge in [-0.05, 0) is 24.6 Å². The summed E-state index contributed by atoms with van der Waals surface area (Å²) in [6.07, 6.45) is 0. The van der Waals surface area contributed by atoms with Gasteiger partial charge in [-0.15, -0.1) is 0 Å². The predicted molar refractivity (Wildman–Crippen MR) is 76.6 cm³/mol. The maximum Gasteiger partial charge on any atom is 0.317 e. The number of carbonyl (C=O) groups excluding carboxylic acids is 1. The van der Waals surface area contributed by atoms with Crippen LogP contribution in [0.3, 0.4) is 0 Å². The van der Waals surface area contributed by atoms with Gasteiger partial charge in [-0.25, -0.2) is 4.79 Å². The van der Waals surface area contributed by atoms with Crippen molar-refractivity contribution in [2.75, 3.05) is 20.2 Å². The minimum atomic E-state index is -0.794. The van der Waals surface area contributed by atoms with Crippen molar-refractivity contribution in [2.45, 2.75) is 26.0 Å². The molecule has 1 aromatic carbocycles. The summed E-state index contributed by atoms with van der Waals surface area (Å²) in [4.78, 5) is 13.7. The van der Waals surface area contributed by atoms with Crippen molar-refractivity contribution in [3.8, 4) is 5.75 Å². The molecule has 1 saturated heterocycles. The number of amides is 2. The molecule has 1 fully saturated rings. The quantitative estimate of drug-likeness (QED) is 0.883. The average molecular weight is 278 g/mol. The minimum Gasteiger partial charge on any atom is -0.497 e. The lowest BCUT2D eigenvalue weighted by Crippen LogP contribution is -2.40.